The summed E-state index contributed by atoms with van der Waals surface area (Å²) in [5, 5.41) is 2.96. The number of carbonyl (C=O) groups excluding carboxylic acids is 1. The minimum absolute atomic E-state index is 0.153. The summed E-state index contributed by atoms with van der Waals surface area (Å²) in [5.41, 5.74) is 2.48. The number of amides is 1. The number of ether oxygens (including phenoxy) is 1. The van der Waals surface area contributed by atoms with E-state index in [2.05, 4.69) is 15.2 Å². The third-order valence-corrected chi connectivity index (χ3v) is 8.42. The van der Waals surface area contributed by atoms with E-state index in [1.54, 1.807) is 24.5 Å². The number of nitrogens with zero attached hydrogens (tertiary/aromatic N) is 3. The van der Waals surface area contributed by atoms with Crippen molar-refractivity contribution in [2.24, 2.45) is 0 Å². The third-order valence-electron chi connectivity index (χ3n) is 5.52. The van der Waals surface area contributed by atoms with E-state index in [4.69, 9.17) is 4.74 Å². The summed E-state index contributed by atoms with van der Waals surface area (Å²) in [6, 6.07) is 8.91. The maximum absolute atomic E-state index is 13.1. The Morgan fingerprint density at radius 1 is 1.12 bits per heavy atom. The molecule has 2 fully saturated rings. The van der Waals surface area contributed by atoms with Crippen LogP contribution in [0.3, 0.4) is 0 Å². The summed E-state index contributed by atoms with van der Waals surface area (Å²) >= 11 is 1.50. The number of carbonyl (C=O) groups is 1. The fourth-order valence-corrected chi connectivity index (χ4v) is 6.08. The molecule has 0 aliphatic carbocycles. The number of pyridine rings is 1. The van der Waals surface area contributed by atoms with Crippen LogP contribution in [0.5, 0.6) is 0 Å². The lowest BCUT2D eigenvalue weighted by Gasteiger charge is -2.27. The lowest BCUT2D eigenvalue weighted by molar-refractivity contribution is -0.113. The molecule has 10 heteroatoms. The van der Waals surface area contributed by atoms with Crippen LogP contribution in [0, 0.1) is 0 Å². The summed E-state index contributed by atoms with van der Waals surface area (Å²) < 4.78 is 33.0. The third kappa shape index (κ3) is 5.61. The monoisotopic (exact) mass is 476 g/mol. The number of anilines is 2. The first-order chi connectivity index (χ1) is 15.5. The van der Waals surface area contributed by atoms with Gasteiger partial charge in [0.25, 0.3) is 0 Å². The van der Waals surface area contributed by atoms with Crippen molar-refractivity contribution in [2.75, 3.05) is 55.4 Å². The molecule has 2 saturated heterocycles. The Morgan fingerprint density at radius 2 is 1.91 bits per heavy atom. The standard InChI is InChI=1S/C22H28N4O4S2/c27-22(17-31-16-18-4-3-7-23-15-18)24-20-14-19(5-6-21(20)25-8-1-2-9-25)32(28,29)26-10-12-30-13-11-26/h3-7,14-15H,1-2,8-13,16-17H2,(H,24,27). The molecule has 2 aliphatic rings. The molecular weight excluding hydrogens is 448 g/mol. The smallest absolute Gasteiger partial charge is 0.243 e. The molecule has 0 radical (unpaired) electrons. The first-order valence-electron chi connectivity index (χ1n) is 10.8. The zero-order valence-corrected chi connectivity index (χ0v) is 19.5. The molecule has 2 aromatic rings. The lowest BCUT2D eigenvalue weighted by atomic mass is 10.2. The highest BCUT2D eigenvalue weighted by Gasteiger charge is 2.28. The number of aromatic nitrogens is 1. The Kier molecular flexibility index (Phi) is 7.67. The molecule has 172 valence electrons. The van der Waals surface area contributed by atoms with Crippen LogP contribution in [0.1, 0.15) is 18.4 Å². The number of hydrogen-bond acceptors (Lipinski definition) is 7. The fourth-order valence-electron chi connectivity index (χ4n) is 3.88. The summed E-state index contributed by atoms with van der Waals surface area (Å²) in [6.45, 7) is 3.25. The zero-order valence-electron chi connectivity index (χ0n) is 17.9. The Labute approximate surface area is 193 Å². The van der Waals surface area contributed by atoms with E-state index < -0.39 is 10.0 Å². The molecule has 0 unspecified atom stereocenters. The van der Waals surface area contributed by atoms with Crippen molar-refractivity contribution in [3.05, 3.63) is 48.3 Å². The predicted octanol–water partition coefficient (Wildman–Crippen LogP) is 2.57. The highest BCUT2D eigenvalue weighted by atomic mass is 32.2. The van der Waals surface area contributed by atoms with Crippen LogP contribution in [0.2, 0.25) is 0 Å². The Hall–Kier alpha value is -2.14. The molecule has 0 saturated carbocycles. The second kappa shape index (κ2) is 10.7. The summed E-state index contributed by atoms with van der Waals surface area (Å²) in [7, 11) is -3.64. The van der Waals surface area contributed by atoms with E-state index in [9.17, 15) is 13.2 Å². The van der Waals surface area contributed by atoms with Crippen LogP contribution in [-0.2, 0) is 25.3 Å². The number of morpholine rings is 1. The molecule has 8 nitrogen and oxygen atoms in total. The van der Waals surface area contributed by atoms with Crippen molar-refractivity contribution < 1.29 is 17.9 Å². The molecule has 0 bridgehead atoms. The molecule has 3 heterocycles. The van der Waals surface area contributed by atoms with Gasteiger partial charge in [-0.2, -0.15) is 4.31 Å². The second-order valence-corrected chi connectivity index (χ2v) is 10.7. The Morgan fingerprint density at radius 3 is 2.62 bits per heavy atom. The van der Waals surface area contributed by atoms with Crippen LogP contribution >= 0.6 is 11.8 Å². The SMILES string of the molecule is O=C(CSCc1cccnc1)Nc1cc(S(=O)(=O)N2CCOCC2)ccc1N1CCCC1. The van der Waals surface area contributed by atoms with Crippen LogP contribution in [0.4, 0.5) is 11.4 Å². The number of thioether (sulfide) groups is 1. The highest BCUT2D eigenvalue weighted by Crippen LogP contribution is 2.32. The van der Waals surface area contributed by atoms with E-state index in [0.29, 0.717) is 37.7 Å². The average molecular weight is 477 g/mol. The molecule has 0 atom stereocenters. The van der Waals surface area contributed by atoms with Gasteiger partial charge in [0.05, 0.1) is 35.2 Å². The van der Waals surface area contributed by atoms with Crippen LogP contribution < -0.4 is 10.2 Å². The van der Waals surface area contributed by atoms with Crippen LogP contribution in [0.25, 0.3) is 0 Å². The largest absolute Gasteiger partial charge is 0.379 e. The molecule has 1 aromatic carbocycles. The predicted molar refractivity (Wildman–Crippen MR) is 126 cm³/mol. The minimum atomic E-state index is -3.64. The second-order valence-electron chi connectivity index (χ2n) is 7.79. The maximum Gasteiger partial charge on any atom is 0.243 e. The Balaban J connectivity index is 1.50. The highest BCUT2D eigenvalue weighted by molar-refractivity contribution is 7.99. The fraction of sp³-hybridized carbons (Fsp3) is 0.455. The number of nitrogens with one attached hydrogen (secondary N) is 1. The van der Waals surface area contributed by atoms with Gasteiger partial charge in [-0.25, -0.2) is 8.42 Å². The van der Waals surface area contributed by atoms with Crippen molar-refractivity contribution in [1.29, 1.82) is 0 Å². The quantitative estimate of drug-likeness (QED) is 0.626. The summed E-state index contributed by atoms with van der Waals surface area (Å²) in [5.74, 6) is 0.806. The molecule has 32 heavy (non-hydrogen) atoms. The number of rotatable bonds is 8. The van der Waals surface area contributed by atoms with Crippen molar-refractivity contribution in [2.45, 2.75) is 23.5 Å². The van der Waals surface area contributed by atoms with Gasteiger partial charge >= 0.3 is 0 Å². The van der Waals surface area contributed by atoms with Crippen LogP contribution in [-0.4, -0.2) is 68.8 Å². The van der Waals surface area contributed by atoms with Gasteiger partial charge in [0.1, 0.15) is 0 Å². The van der Waals surface area contributed by atoms with Gasteiger partial charge in [-0.05, 0) is 42.7 Å². The number of sulfonamides is 1. The topological polar surface area (TPSA) is 91.8 Å². The molecule has 1 aromatic heterocycles. The van der Waals surface area contributed by atoms with Gasteiger partial charge in [-0.3, -0.25) is 9.78 Å². The average Bonchev–Trinajstić information content (AvgIpc) is 3.35. The zero-order chi connectivity index (χ0) is 22.4. The Bertz CT molecular complexity index is 1020. The summed E-state index contributed by atoms with van der Waals surface area (Å²) in [6.07, 6.45) is 5.68. The lowest BCUT2D eigenvalue weighted by Crippen LogP contribution is -2.40. The van der Waals surface area contributed by atoms with Gasteiger partial charge in [0.15, 0.2) is 0 Å². The minimum Gasteiger partial charge on any atom is -0.379 e. The molecule has 2 aliphatic heterocycles. The number of benzene rings is 1. The van der Waals surface area contributed by atoms with Crippen molar-refractivity contribution in [3.8, 4) is 0 Å². The van der Waals surface area contributed by atoms with Gasteiger partial charge in [0.2, 0.25) is 15.9 Å². The molecule has 1 N–H and O–H groups in total. The maximum atomic E-state index is 13.1. The summed E-state index contributed by atoms with van der Waals surface area (Å²) in [4.78, 5) is 19.2. The van der Waals surface area contributed by atoms with Crippen LogP contribution in [0.15, 0.2) is 47.6 Å². The van der Waals surface area contributed by atoms with E-state index in [1.807, 2.05) is 18.2 Å². The first-order valence-corrected chi connectivity index (χ1v) is 13.4. The van der Waals surface area contributed by atoms with Gasteiger partial charge in [-0.15, -0.1) is 11.8 Å². The van der Waals surface area contributed by atoms with Crippen molar-refractivity contribution in [1.82, 2.24) is 9.29 Å². The normalized spacial score (nSPS) is 17.4. The van der Waals surface area contributed by atoms with Gasteiger partial charge in [0, 0.05) is 44.3 Å². The van der Waals surface area contributed by atoms with Crippen molar-refractivity contribution >= 4 is 39.1 Å². The molecule has 4 rings (SSSR count). The van der Waals surface area contributed by atoms with E-state index in [-0.39, 0.29) is 16.6 Å². The molecule has 1 amide bonds. The molecular formula is C22H28N4O4S2. The van der Waals surface area contributed by atoms with E-state index in [1.165, 1.54) is 16.1 Å². The van der Waals surface area contributed by atoms with Gasteiger partial charge in [-0.1, -0.05) is 6.07 Å². The van der Waals surface area contributed by atoms with Crippen molar-refractivity contribution in [3.63, 3.8) is 0 Å². The first kappa shape index (κ1) is 23.0. The van der Waals surface area contributed by atoms with E-state index >= 15 is 0 Å². The number of hydrogen-bond donors (Lipinski definition) is 1. The van der Waals surface area contributed by atoms with E-state index in [0.717, 1.165) is 37.2 Å². The van der Waals surface area contributed by atoms with Gasteiger partial charge < -0.3 is 15.0 Å². The molecule has 0 spiro atoms.